The Morgan fingerprint density at radius 3 is 2.63 bits per heavy atom. The van der Waals surface area contributed by atoms with Crippen LogP contribution in [0.4, 0.5) is 0 Å². The van der Waals surface area contributed by atoms with E-state index in [9.17, 15) is 18.3 Å². The second-order valence-electron chi connectivity index (χ2n) is 7.10. The van der Waals surface area contributed by atoms with Crippen LogP contribution < -0.4 is 4.72 Å². The first-order valence-electron chi connectivity index (χ1n) is 8.88. The average molecular weight is 396 g/mol. The van der Waals surface area contributed by atoms with E-state index >= 15 is 0 Å². The molecular formula is C17H24N4O5S. The maximum atomic E-state index is 12.7. The van der Waals surface area contributed by atoms with Crippen LogP contribution in [0, 0.1) is 12.8 Å². The van der Waals surface area contributed by atoms with Crippen molar-refractivity contribution in [2.75, 3.05) is 13.2 Å². The van der Waals surface area contributed by atoms with E-state index in [1.54, 1.807) is 20.8 Å². The molecule has 2 N–H and O–H groups in total. The van der Waals surface area contributed by atoms with E-state index < -0.39 is 28.0 Å². The normalized spacial score (nSPS) is 17.5. The van der Waals surface area contributed by atoms with Crippen molar-refractivity contribution in [3.8, 4) is 0 Å². The Kier molecular flexibility index (Phi) is 5.50. The van der Waals surface area contributed by atoms with Gasteiger partial charge in [-0.1, -0.05) is 13.8 Å². The van der Waals surface area contributed by atoms with Crippen LogP contribution in [0.1, 0.15) is 38.4 Å². The van der Waals surface area contributed by atoms with Crippen LogP contribution in [-0.4, -0.2) is 53.5 Å². The van der Waals surface area contributed by atoms with Gasteiger partial charge in [0, 0.05) is 24.8 Å². The zero-order valence-electron chi connectivity index (χ0n) is 15.5. The largest absolute Gasteiger partial charge is 0.480 e. The van der Waals surface area contributed by atoms with Crippen LogP contribution in [0.2, 0.25) is 0 Å². The Labute approximate surface area is 157 Å². The summed E-state index contributed by atoms with van der Waals surface area (Å²) in [4.78, 5) is 15.6. The molecule has 0 amide bonds. The molecule has 2 aromatic rings. The molecule has 27 heavy (non-hydrogen) atoms. The average Bonchev–Trinajstić information content (AvgIpc) is 2.96. The van der Waals surface area contributed by atoms with Crippen LogP contribution in [-0.2, 0) is 19.6 Å². The molecule has 3 rings (SSSR count). The second-order valence-corrected chi connectivity index (χ2v) is 8.81. The van der Waals surface area contributed by atoms with Gasteiger partial charge in [0.05, 0.1) is 11.7 Å². The Morgan fingerprint density at radius 2 is 2.04 bits per heavy atom. The molecule has 10 heteroatoms. The number of sulfonamides is 1. The lowest BCUT2D eigenvalue weighted by molar-refractivity contribution is -0.140. The predicted molar refractivity (Wildman–Crippen MR) is 97.9 cm³/mol. The number of carboxylic acid groups (broad SMARTS) is 1. The van der Waals surface area contributed by atoms with Crippen molar-refractivity contribution < 1.29 is 23.1 Å². The van der Waals surface area contributed by atoms with E-state index in [0.717, 1.165) is 12.8 Å². The number of aromatic nitrogens is 3. The summed E-state index contributed by atoms with van der Waals surface area (Å²) in [5.74, 6) is -1.61. The van der Waals surface area contributed by atoms with E-state index in [0.29, 0.717) is 29.9 Å². The molecule has 0 bridgehead atoms. The maximum absolute atomic E-state index is 12.7. The van der Waals surface area contributed by atoms with Gasteiger partial charge in [-0.3, -0.25) is 4.79 Å². The number of hydrogen-bond donors (Lipinski definition) is 2. The van der Waals surface area contributed by atoms with Gasteiger partial charge >= 0.3 is 5.97 Å². The Balaban J connectivity index is 1.96. The minimum atomic E-state index is -4.02. The van der Waals surface area contributed by atoms with Crippen molar-refractivity contribution in [3.63, 3.8) is 0 Å². The zero-order valence-corrected chi connectivity index (χ0v) is 16.4. The number of aryl methyl sites for hydroxylation is 1. The fraction of sp³-hybridized carbons (Fsp3) is 0.588. The zero-order chi connectivity index (χ0) is 19.8. The SMILES string of the molecule is Cc1nn(C2CCOCC2)c2ncc(S(=O)(=O)N[C@@H](C(=O)O)C(C)C)cc12. The Bertz CT molecular complexity index is 948. The topological polar surface area (TPSA) is 123 Å². The molecule has 0 radical (unpaired) electrons. The highest BCUT2D eigenvalue weighted by atomic mass is 32.2. The van der Waals surface area contributed by atoms with Crippen LogP contribution in [0.3, 0.4) is 0 Å². The summed E-state index contributed by atoms with van der Waals surface area (Å²) in [5.41, 5.74) is 1.30. The molecule has 3 heterocycles. The highest BCUT2D eigenvalue weighted by molar-refractivity contribution is 7.89. The Hall–Kier alpha value is -2.04. The number of carbonyl (C=O) groups is 1. The number of aliphatic carboxylic acids is 1. The van der Waals surface area contributed by atoms with Crippen molar-refractivity contribution in [2.45, 2.75) is 50.6 Å². The number of rotatable bonds is 6. The number of nitrogens with one attached hydrogen (secondary N) is 1. The first-order chi connectivity index (χ1) is 12.7. The summed E-state index contributed by atoms with van der Waals surface area (Å²) in [5, 5.41) is 14.4. The molecule has 9 nitrogen and oxygen atoms in total. The summed E-state index contributed by atoms with van der Waals surface area (Å²) in [6.07, 6.45) is 2.91. The molecule has 1 fully saturated rings. The highest BCUT2D eigenvalue weighted by Gasteiger charge is 2.29. The summed E-state index contributed by atoms with van der Waals surface area (Å²) < 4.78 is 34.8. The summed E-state index contributed by atoms with van der Waals surface area (Å²) >= 11 is 0. The minimum absolute atomic E-state index is 0.0727. The lowest BCUT2D eigenvalue weighted by Crippen LogP contribution is -2.44. The van der Waals surface area contributed by atoms with Crippen molar-refractivity contribution in [2.24, 2.45) is 5.92 Å². The lowest BCUT2D eigenvalue weighted by atomic mass is 10.1. The first kappa shape index (κ1) is 19.7. The second kappa shape index (κ2) is 7.53. The van der Waals surface area contributed by atoms with Crippen LogP contribution in [0.15, 0.2) is 17.2 Å². The molecule has 1 aliphatic rings. The van der Waals surface area contributed by atoms with Gasteiger partial charge in [0.15, 0.2) is 5.65 Å². The molecule has 2 aromatic heterocycles. The first-order valence-corrected chi connectivity index (χ1v) is 10.4. The number of hydrogen-bond acceptors (Lipinski definition) is 6. The third-order valence-corrected chi connectivity index (χ3v) is 6.18. The highest BCUT2D eigenvalue weighted by Crippen LogP contribution is 2.27. The van der Waals surface area contributed by atoms with Gasteiger partial charge < -0.3 is 9.84 Å². The smallest absolute Gasteiger partial charge is 0.322 e. The molecule has 0 saturated carbocycles. The number of carboxylic acids is 1. The van der Waals surface area contributed by atoms with Crippen LogP contribution in [0.5, 0.6) is 0 Å². The van der Waals surface area contributed by atoms with Gasteiger partial charge in [-0.25, -0.2) is 18.1 Å². The standard InChI is InChI=1S/C17H24N4O5S/c1-10(2)15(17(22)23)20-27(24,25)13-8-14-11(3)19-21(16(14)18-9-13)12-4-6-26-7-5-12/h8-10,12,15,20H,4-7H2,1-3H3,(H,22,23)/t15-/m1/s1. The Morgan fingerprint density at radius 1 is 1.37 bits per heavy atom. The number of fused-ring (bicyclic) bond motifs is 1. The minimum Gasteiger partial charge on any atom is -0.480 e. The van der Waals surface area contributed by atoms with Crippen molar-refractivity contribution in [1.82, 2.24) is 19.5 Å². The van der Waals surface area contributed by atoms with Gasteiger partial charge in [-0.2, -0.15) is 9.82 Å². The molecule has 1 aliphatic heterocycles. The molecular weight excluding hydrogens is 372 g/mol. The van der Waals surface area contributed by atoms with Gasteiger partial charge in [0.1, 0.15) is 10.9 Å². The molecule has 148 valence electrons. The maximum Gasteiger partial charge on any atom is 0.322 e. The van der Waals surface area contributed by atoms with Crippen molar-refractivity contribution >= 4 is 27.0 Å². The van der Waals surface area contributed by atoms with Gasteiger partial charge in [-0.05, 0) is 31.7 Å². The molecule has 1 atom stereocenters. The predicted octanol–water partition coefficient (Wildman–Crippen LogP) is 1.48. The monoisotopic (exact) mass is 396 g/mol. The van der Waals surface area contributed by atoms with E-state index in [1.807, 2.05) is 4.68 Å². The number of nitrogens with zero attached hydrogens (tertiary/aromatic N) is 3. The van der Waals surface area contributed by atoms with Crippen molar-refractivity contribution in [1.29, 1.82) is 0 Å². The molecule has 1 saturated heterocycles. The molecule has 0 aromatic carbocycles. The van der Waals surface area contributed by atoms with Gasteiger partial charge in [0.2, 0.25) is 10.0 Å². The number of ether oxygens (including phenoxy) is 1. The van der Waals surface area contributed by atoms with Crippen LogP contribution >= 0.6 is 0 Å². The fourth-order valence-corrected chi connectivity index (χ4v) is 4.50. The lowest BCUT2D eigenvalue weighted by Gasteiger charge is -2.22. The van der Waals surface area contributed by atoms with Crippen molar-refractivity contribution in [3.05, 3.63) is 18.0 Å². The van der Waals surface area contributed by atoms with Crippen LogP contribution in [0.25, 0.3) is 11.0 Å². The quantitative estimate of drug-likeness (QED) is 0.758. The summed E-state index contributed by atoms with van der Waals surface area (Å²) in [6.45, 7) is 6.41. The fourth-order valence-electron chi connectivity index (χ4n) is 3.19. The van der Waals surface area contributed by atoms with E-state index in [4.69, 9.17) is 4.74 Å². The molecule has 0 aliphatic carbocycles. The summed E-state index contributed by atoms with van der Waals surface area (Å²) in [6, 6.07) is 0.458. The third-order valence-electron chi connectivity index (χ3n) is 4.77. The number of pyridine rings is 1. The van der Waals surface area contributed by atoms with Gasteiger partial charge in [0.25, 0.3) is 0 Å². The summed E-state index contributed by atoms with van der Waals surface area (Å²) in [7, 11) is -4.02. The molecule has 0 unspecified atom stereocenters. The van der Waals surface area contributed by atoms with E-state index in [2.05, 4.69) is 14.8 Å². The third kappa shape index (κ3) is 3.97. The van der Waals surface area contributed by atoms with E-state index in [1.165, 1.54) is 12.3 Å². The van der Waals surface area contributed by atoms with Gasteiger partial charge in [-0.15, -0.1) is 0 Å². The molecule has 0 spiro atoms. The van der Waals surface area contributed by atoms with E-state index in [-0.39, 0.29) is 10.9 Å².